The molecule has 0 N–H and O–H groups in total. The highest BCUT2D eigenvalue weighted by atomic mass is 16.1. The molecule has 0 unspecified atom stereocenters. The van der Waals surface area contributed by atoms with Gasteiger partial charge in [-0.3, -0.25) is 4.79 Å². The fourth-order valence-electron chi connectivity index (χ4n) is 5.51. The van der Waals surface area contributed by atoms with E-state index in [1.54, 1.807) is 9.13 Å². The van der Waals surface area contributed by atoms with Gasteiger partial charge in [-0.05, 0) is 72.6 Å². The predicted octanol–water partition coefficient (Wildman–Crippen LogP) is 9.11. The number of hydrogen-bond acceptors (Lipinski definition) is 1. The van der Waals surface area contributed by atoms with Gasteiger partial charge in [-0.1, -0.05) is 72.8 Å². The number of carbonyl (C=O) groups is 1. The molecule has 3 heteroatoms. The molecule has 3 nitrogen and oxygen atoms in total. The molecule has 0 aliphatic carbocycles. The molecule has 2 heterocycles. The first-order valence-corrected chi connectivity index (χ1v) is 12.9. The Morgan fingerprint density at radius 3 is 1.00 bits per heavy atom. The first kappa shape index (κ1) is 15.9. The summed E-state index contributed by atoms with van der Waals surface area (Å²) in [5, 5.41) is 3.43. The van der Waals surface area contributed by atoms with Gasteiger partial charge in [0.25, 0.3) is 0 Å². The molecule has 0 aliphatic heterocycles. The zero-order chi connectivity index (χ0) is 33.6. The third-order valence-electron chi connectivity index (χ3n) is 7.29. The van der Waals surface area contributed by atoms with E-state index in [0.29, 0.717) is 22.1 Å². The van der Waals surface area contributed by atoms with Crippen molar-refractivity contribution in [1.82, 2.24) is 9.13 Å². The van der Waals surface area contributed by atoms with Crippen molar-refractivity contribution in [2.24, 2.45) is 0 Å². The van der Waals surface area contributed by atoms with E-state index in [4.69, 9.17) is 11.0 Å². The SMILES string of the molecule is [2H]c1c([2H])c(-n2c3ccccc3c3ccccc32)c([2H])c([2H])c1C(=O)c1c([2H])c([2H])c(-n2c3ccccc3c3ccccc32)c([2H])c1[2H]. The Balaban J connectivity index is 1.35. The van der Waals surface area contributed by atoms with Crippen molar-refractivity contribution in [1.29, 1.82) is 0 Å². The molecule has 0 amide bonds. The Morgan fingerprint density at radius 2 is 0.700 bits per heavy atom. The fraction of sp³-hybridized carbons (Fsp3) is 0. The minimum Gasteiger partial charge on any atom is -0.309 e. The molecule has 8 aromatic rings. The van der Waals surface area contributed by atoms with Crippen LogP contribution in [0.2, 0.25) is 0 Å². The van der Waals surface area contributed by atoms with Crippen molar-refractivity contribution in [3.8, 4) is 11.4 Å². The van der Waals surface area contributed by atoms with Crippen LogP contribution in [0.15, 0.2) is 145 Å². The highest BCUT2D eigenvalue weighted by Crippen LogP contribution is 2.33. The quantitative estimate of drug-likeness (QED) is 0.213. The normalized spacial score (nSPS) is 14.4. The third-order valence-corrected chi connectivity index (χ3v) is 7.29. The monoisotopic (exact) mass is 520 g/mol. The number of hydrogen-bond donors (Lipinski definition) is 0. The summed E-state index contributed by atoms with van der Waals surface area (Å²) in [7, 11) is 0. The lowest BCUT2D eigenvalue weighted by Crippen LogP contribution is -2.03. The van der Waals surface area contributed by atoms with Gasteiger partial charge >= 0.3 is 0 Å². The number of aromatic nitrogens is 2. The van der Waals surface area contributed by atoms with Gasteiger partial charge in [-0.15, -0.1) is 0 Å². The molecule has 0 atom stereocenters. The Kier molecular flexibility index (Phi) is 3.50. The molecule has 0 aliphatic rings. The molecule has 0 spiro atoms. The number of rotatable bonds is 4. The van der Waals surface area contributed by atoms with E-state index in [1.165, 1.54) is 0 Å². The van der Waals surface area contributed by atoms with Crippen LogP contribution in [0.3, 0.4) is 0 Å². The zero-order valence-electron chi connectivity index (χ0n) is 29.0. The van der Waals surface area contributed by atoms with E-state index in [-0.39, 0.29) is 11.4 Å². The van der Waals surface area contributed by atoms with Crippen molar-refractivity contribution in [3.63, 3.8) is 0 Å². The summed E-state index contributed by atoms with van der Waals surface area (Å²) in [6, 6.07) is 25.3. The first-order chi connectivity index (χ1) is 23.1. The lowest BCUT2D eigenvalue weighted by Gasteiger charge is -2.10. The summed E-state index contributed by atoms with van der Waals surface area (Å²) in [5.41, 5.74) is 1.33. The lowest BCUT2D eigenvalue weighted by atomic mass is 10.0. The molecule has 0 saturated carbocycles. The second-order valence-electron chi connectivity index (χ2n) is 9.52. The van der Waals surface area contributed by atoms with Crippen LogP contribution in [0.1, 0.15) is 26.9 Å². The Morgan fingerprint density at radius 1 is 0.425 bits per heavy atom. The standard InChI is InChI=1S/C37H24N2O/c40-37(25-17-21-27(22-18-25)38-33-13-5-1-9-29(33)30-10-2-6-14-34(30)38)26-19-23-28(24-20-26)39-35-15-7-3-11-31(35)32-12-4-8-16-36(32)39/h1-24H/i17D,18D,19D,20D,21D,22D,23D,24D. The molecule has 40 heavy (non-hydrogen) atoms. The highest BCUT2D eigenvalue weighted by molar-refractivity contribution is 6.11. The van der Waals surface area contributed by atoms with Crippen molar-refractivity contribution in [2.75, 3.05) is 0 Å². The van der Waals surface area contributed by atoms with Gasteiger partial charge < -0.3 is 9.13 Å². The number of fused-ring (bicyclic) bond motifs is 6. The van der Waals surface area contributed by atoms with Crippen LogP contribution < -0.4 is 0 Å². The number of benzene rings is 6. The fourth-order valence-corrected chi connectivity index (χ4v) is 5.51. The van der Waals surface area contributed by atoms with Crippen molar-refractivity contribution >= 4 is 49.4 Å². The summed E-state index contributed by atoms with van der Waals surface area (Å²) < 4.78 is 74.9. The summed E-state index contributed by atoms with van der Waals surface area (Å²) in [6.07, 6.45) is 0. The van der Waals surface area contributed by atoms with E-state index in [0.717, 1.165) is 21.5 Å². The average molecular weight is 521 g/mol. The summed E-state index contributed by atoms with van der Waals surface area (Å²) in [4.78, 5) is 14.2. The predicted molar refractivity (Wildman–Crippen MR) is 165 cm³/mol. The highest BCUT2D eigenvalue weighted by Gasteiger charge is 2.15. The van der Waals surface area contributed by atoms with Crippen LogP contribution in [0, 0.1) is 0 Å². The first-order valence-electron chi connectivity index (χ1n) is 16.9. The van der Waals surface area contributed by atoms with Gasteiger partial charge in [-0.25, -0.2) is 0 Å². The summed E-state index contributed by atoms with van der Waals surface area (Å²) >= 11 is 0. The maximum absolute atomic E-state index is 14.2. The average Bonchev–Trinajstić information content (AvgIpc) is 3.60. The maximum atomic E-state index is 14.2. The number of nitrogens with zero attached hydrogens (tertiary/aromatic N) is 2. The third kappa shape index (κ3) is 3.35. The van der Waals surface area contributed by atoms with Crippen molar-refractivity contribution in [2.45, 2.75) is 0 Å². The minimum atomic E-state index is -1.12. The molecule has 0 radical (unpaired) electrons. The van der Waals surface area contributed by atoms with Gasteiger partial charge in [0, 0.05) is 44.0 Å². The topological polar surface area (TPSA) is 26.9 Å². The smallest absolute Gasteiger partial charge is 0.193 e. The van der Waals surface area contributed by atoms with E-state index in [2.05, 4.69) is 0 Å². The molecule has 0 saturated heterocycles. The van der Waals surface area contributed by atoms with Crippen molar-refractivity contribution in [3.05, 3.63) is 157 Å². The number of ketones is 1. The Bertz CT molecular complexity index is 2340. The van der Waals surface area contributed by atoms with Crippen LogP contribution >= 0.6 is 0 Å². The van der Waals surface area contributed by atoms with E-state index in [1.807, 2.05) is 97.1 Å². The van der Waals surface area contributed by atoms with Gasteiger partial charge in [0.15, 0.2) is 5.78 Å². The number of carbonyl (C=O) groups excluding carboxylic acids is 1. The van der Waals surface area contributed by atoms with Crippen LogP contribution in [-0.2, 0) is 0 Å². The lowest BCUT2D eigenvalue weighted by molar-refractivity contribution is 0.103. The van der Waals surface area contributed by atoms with Crippen LogP contribution in [0.25, 0.3) is 55.0 Å². The van der Waals surface area contributed by atoms with Crippen LogP contribution in [0.5, 0.6) is 0 Å². The molecular formula is C37H24N2O. The largest absolute Gasteiger partial charge is 0.309 e. The summed E-state index contributed by atoms with van der Waals surface area (Å²) in [5.74, 6) is -1.12. The minimum absolute atomic E-state index is 0.0415. The number of para-hydroxylation sites is 4. The maximum Gasteiger partial charge on any atom is 0.193 e. The second-order valence-corrected chi connectivity index (χ2v) is 9.52. The molecular weight excluding hydrogens is 488 g/mol. The van der Waals surface area contributed by atoms with E-state index >= 15 is 0 Å². The van der Waals surface area contributed by atoms with Crippen molar-refractivity contribution < 1.29 is 15.8 Å². The molecule has 8 rings (SSSR count). The second kappa shape index (κ2) is 8.82. The molecule has 188 valence electrons. The van der Waals surface area contributed by atoms with Gasteiger partial charge in [0.1, 0.15) is 0 Å². The van der Waals surface area contributed by atoms with E-state index < -0.39 is 65.2 Å². The van der Waals surface area contributed by atoms with Crippen LogP contribution in [0.4, 0.5) is 0 Å². The molecule has 2 aromatic heterocycles. The van der Waals surface area contributed by atoms with Gasteiger partial charge in [-0.2, -0.15) is 0 Å². The van der Waals surface area contributed by atoms with Gasteiger partial charge in [0.2, 0.25) is 0 Å². The summed E-state index contributed by atoms with van der Waals surface area (Å²) in [6.45, 7) is 0. The Labute approximate surface area is 242 Å². The zero-order valence-corrected chi connectivity index (χ0v) is 21.0. The molecule has 0 fully saturated rings. The molecule has 0 bridgehead atoms. The van der Waals surface area contributed by atoms with Gasteiger partial charge in [0.05, 0.1) is 33.0 Å². The van der Waals surface area contributed by atoms with E-state index in [9.17, 15) is 4.79 Å². The van der Waals surface area contributed by atoms with Crippen LogP contribution in [-0.4, -0.2) is 14.9 Å². The Hall–Kier alpha value is -5.41. The molecule has 6 aromatic carbocycles.